The van der Waals surface area contributed by atoms with E-state index in [1.54, 1.807) is 22.8 Å². The Hall–Kier alpha value is -1.62. The van der Waals surface area contributed by atoms with Gasteiger partial charge in [0.15, 0.2) is 0 Å². The molecule has 94 valence electrons. The number of amides is 1. The van der Waals surface area contributed by atoms with Crippen molar-refractivity contribution in [3.63, 3.8) is 0 Å². The third-order valence-electron chi connectivity index (χ3n) is 2.76. The molecular formula is C13H14BrN3O. The van der Waals surface area contributed by atoms with Crippen LogP contribution >= 0.6 is 15.9 Å². The molecule has 0 radical (unpaired) electrons. The second-order valence-electron chi connectivity index (χ2n) is 4.14. The van der Waals surface area contributed by atoms with Gasteiger partial charge in [-0.3, -0.25) is 9.48 Å². The van der Waals surface area contributed by atoms with Gasteiger partial charge in [0.25, 0.3) is 5.91 Å². The van der Waals surface area contributed by atoms with Crippen molar-refractivity contribution in [2.24, 2.45) is 7.05 Å². The summed E-state index contributed by atoms with van der Waals surface area (Å²) in [6.07, 6.45) is 1.74. The summed E-state index contributed by atoms with van der Waals surface area (Å²) >= 11 is 3.37. The van der Waals surface area contributed by atoms with Gasteiger partial charge in [-0.2, -0.15) is 5.10 Å². The van der Waals surface area contributed by atoms with Gasteiger partial charge in [-0.15, -0.1) is 0 Å². The number of aromatic nitrogens is 2. The third kappa shape index (κ3) is 2.46. The second-order valence-corrected chi connectivity index (χ2v) is 5.06. The minimum atomic E-state index is -0.0528. The van der Waals surface area contributed by atoms with Crippen LogP contribution in [0.3, 0.4) is 0 Å². The molecule has 0 aliphatic heterocycles. The number of nitrogens with zero attached hydrogens (tertiary/aromatic N) is 3. The first-order valence-electron chi connectivity index (χ1n) is 5.53. The number of aryl methyl sites for hydroxylation is 2. The zero-order valence-electron chi connectivity index (χ0n) is 10.5. The number of halogens is 1. The first kappa shape index (κ1) is 12.8. The van der Waals surface area contributed by atoms with E-state index in [0.717, 1.165) is 15.9 Å². The highest BCUT2D eigenvalue weighted by atomic mass is 79.9. The summed E-state index contributed by atoms with van der Waals surface area (Å²) in [5, 5.41) is 4.18. The largest absolute Gasteiger partial charge is 0.311 e. The summed E-state index contributed by atoms with van der Waals surface area (Å²) in [7, 11) is 3.57. The average Bonchev–Trinajstić information content (AvgIpc) is 2.67. The van der Waals surface area contributed by atoms with Crippen molar-refractivity contribution in [3.05, 3.63) is 46.2 Å². The van der Waals surface area contributed by atoms with Crippen molar-refractivity contribution < 1.29 is 4.79 Å². The van der Waals surface area contributed by atoms with Gasteiger partial charge in [-0.1, -0.05) is 15.9 Å². The molecule has 0 aliphatic rings. The van der Waals surface area contributed by atoms with Crippen molar-refractivity contribution in [1.29, 1.82) is 0 Å². The molecule has 0 saturated carbocycles. The number of rotatable bonds is 2. The lowest BCUT2D eigenvalue weighted by atomic mass is 10.2. The van der Waals surface area contributed by atoms with Crippen LogP contribution in [0.1, 0.15) is 16.1 Å². The summed E-state index contributed by atoms with van der Waals surface area (Å²) in [6.45, 7) is 1.84. The third-order valence-corrected chi connectivity index (χ3v) is 3.29. The fourth-order valence-electron chi connectivity index (χ4n) is 1.77. The van der Waals surface area contributed by atoms with Crippen LogP contribution in [0, 0.1) is 6.92 Å². The normalized spacial score (nSPS) is 10.4. The van der Waals surface area contributed by atoms with Gasteiger partial charge in [-0.25, -0.2) is 0 Å². The van der Waals surface area contributed by atoms with E-state index >= 15 is 0 Å². The fourth-order valence-corrected chi connectivity index (χ4v) is 2.04. The van der Waals surface area contributed by atoms with Crippen LogP contribution in [-0.2, 0) is 7.05 Å². The van der Waals surface area contributed by atoms with Gasteiger partial charge >= 0.3 is 0 Å². The average molecular weight is 308 g/mol. The van der Waals surface area contributed by atoms with Gasteiger partial charge < -0.3 is 4.90 Å². The molecule has 5 heteroatoms. The maximum atomic E-state index is 12.3. The lowest BCUT2D eigenvalue weighted by Gasteiger charge is -2.16. The molecule has 2 rings (SSSR count). The molecule has 1 aromatic heterocycles. The highest BCUT2D eigenvalue weighted by molar-refractivity contribution is 9.10. The Labute approximate surface area is 114 Å². The van der Waals surface area contributed by atoms with Crippen LogP contribution in [0.25, 0.3) is 0 Å². The van der Waals surface area contributed by atoms with Gasteiger partial charge in [-0.05, 0) is 31.2 Å². The van der Waals surface area contributed by atoms with E-state index in [1.165, 1.54) is 0 Å². The van der Waals surface area contributed by atoms with Gasteiger partial charge in [0.05, 0.1) is 11.3 Å². The molecule has 4 nitrogen and oxygen atoms in total. The van der Waals surface area contributed by atoms with E-state index in [2.05, 4.69) is 21.0 Å². The lowest BCUT2D eigenvalue weighted by molar-refractivity contribution is 0.0992. The van der Waals surface area contributed by atoms with Gasteiger partial charge in [0.1, 0.15) is 0 Å². The van der Waals surface area contributed by atoms with Crippen LogP contribution < -0.4 is 4.90 Å². The van der Waals surface area contributed by atoms with Crippen LogP contribution in [0.2, 0.25) is 0 Å². The Balaban J connectivity index is 2.29. The Kier molecular flexibility index (Phi) is 3.52. The molecule has 2 aromatic rings. The Bertz CT molecular complexity index is 574. The smallest absolute Gasteiger partial charge is 0.261 e. The van der Waals surface area contributed by atoms with Crippen molar-refractivity contribution in [2.75, 3.05) is 11.9 Å². The fraction of sp³-hybridized carbons (Fsp3) is 0.231. The van der Waals surface area contributed by atoms with E-state index in [1.807, 2.05) is 38.2 Å². The molecule has 1 amide bonds. The molecule has 0 atom stereocenters. The molecule has 1 aromatic carbocycles. The van der Waals surface area contributed by atoms with Crippen LogP contribution in [0.4, 0.5) is 5.69 Å². The molecule has 0 bridgehead atoms. The van der Waals surface area contributed by atoms with Crippen molar-refractivity contribution in [1.82, 2.24) is 9.78 Å². The number of anilines is 1. The second kappa shape index (κ2) is 4.94. The topological polar surface area (TPSA) is 38.1 Å². The van der Waals surface area contributed by atoms with E-state index in [4.69, 9.17) is 0 Å². The predicted molar refractivity (Wildman–Crippen MR) is 74.8 cm³/mol. The molecule has 0 fully saturated rings. The number of benzene rings is 1. The molecular weight excluding hydrogens is 294 g/mol. The molecule has 1 heterocycles. The lowest BCUT2D eigenvalue weighted by Crippen LogP contribution is -2.26. The summed E-state index contributed by atoms with van der Waals surface area (Å²) in [6, 6.07) is 7.62. The van der Waals surface area contributed by atoms with Crippen molar-refractivity contribution in [2.45, 2.75) is 6.92 Å². The highest BCUT2D eigenvalue weighted by Crippen LogP contribution is 2.19. The summed E-state index contributed by atoms with van der Waals surface area (Å²) < 4.78 is 2.64. The van der Waals surface area contributed by atoms with E-state index in [0.29, 0.717) is 5.56 Å². The maximum Gasteiger partial charge on any atom is 0.261 e. The monoisotopic (exact) mass is 307 g/mol. The SMILES string of the molecule is Cc1nn(C)cc1C(=O)N(C)c1ccc(Br)cc1. The number of hydrogen-bond donors (Lipinski definition) is 0. The van der Waals surface area contributed by atoms with Crippen LogP contribution in [-0.4, -0.2) is 22.7 Å². The predicted octanol–water partition coefficient (Wildman–Crippen LogP) is 2.77. The molecule has 0 N–H and O–H groups in total. The highest BCUT2D eigenvalue weighted by Gasteiger charge is 2.17. The van der Waals surface area contributed by atoms with Crippen molar-refractivity contribution >= 4 is 27.5 Å². The molecule has 0 spiro atoms. The summed E-state index contributed by atoms with van der Waals surface area (Å²) in [5.74, 6) is -0.0528. The van der Waals surface area contributed by atoms with E-state index in [9.17, 15) is 4.79 Å². The first-order valence-corrected chi connectivity index (χ1v) is 6.32. The van der Waals surface area contributed by atoms with E-state index in [-0.39, 0.29) is 5.91 Å². The summed E-state index contributed by atoms with van der Waals surface area (Å²) in [5.41, 5.74) is 2.22. The number of carbonyl (C=O) groups is 1. The first-order chi connectivity index (χ1) is 8.49. The molecule has 0 aliphatic carbocycles. The summed E-state index contributed by atoms with van der Waals surface area (Å²) in [4.78, 5) is 13.9. The Morgan fingerprint density at radius 1 is 1.33 bits per heavy atom. The minimum Gasteiger partial charge on any atom is -0.311 e. The molecule has 0 unspecified atom stereocenters. The number of hydrogen-bond acceptors (Lipinski definition) is 2. The van der Waals surface area contributed by atoms with E-state index < -0.39 is 0 Å². The van der Waals surface area contributed by atoms with Crippen LogP contribution in [0.15, 0.2) is 34.9 Å². The van der Waals surface area contributed by atoms with Crippen LogP contribution in [0.5, 0.6) is 0 Å². The van der Waals surface area contributed by atoms with Crippen molar-refractivity contribution in [3.8, 4) is 0 Å². The quantitative estimate of drug-likeness (QED) is 0.855. The minimum absolute atomic E-state index is 0.0528. The van der Waals surface area contributed by atoms with Gasteiger partial charge in [0, 0.05) is 30.5 Å². The van der Waals surface area contributed by atoms with Gasteiger partial charge in [0.2, 0.25) is 0 Å². The zero-order valence-corrected chi connectivity index (χ0v) is 12.1. The number of carbonyl (C=O) groups excluding carboxylic acids is 1. The Morgan fingerprint density at radius 3 is 2.44 bits per heavy atom. The maximum absolute atomic E-state index is 12.3. The molecule has 0 saturated heterocycles. The Morgan fingerprint density at radius 2 is 1.94 bits per heavy atom. The zero-order chi connectivity index (χ0) is 13.3. The standard InChI is InChI=1S/C13H14BrN3O/c1-9-12(8-16(2)15-9)13(18)17(3)11-6-4-10(14)5-7-11/h4-8H,1-3H3. The molecule has 18 heavy (non-hydrogen) atoms.